The Morgan fingerprint density at radius 2 is 1.44 bits per heavy atom. The number of benzene rings is 2. The van der Waals surface area contributed by atoms with E-state index in [9.17, 15) is 27.2 Å². The lowest BCUT2D eigenvalue weighted by molar-refractivity contribution is -0.108. The van der Waals surface area contributed by atoms with Crippen LogP contribution >= 0.6 is 23.5 Å². The molecule has 0 aromatic heterocycles. The summed E-state index contributed by atoms with van der Waals surface area (Å²) in [4.78, 5) is 22.3. The predicted molar refractivity (Wildman–Crippen MR) is 98.4 cm³/mol. The summed E-state index contributed by atoms with van der Waals surface area (Å²) in [6.45, 7) is 8.10. The molecule has 0 bridgehead atoms. The standard InChI is InChI=1S/C19H12F4O2S2/c1-4-16(24)27-18-14(22)5-10(6-15(18)23)17-12(20)7-11(8-13(17)21)26-19(25)9(2)3/h4-8H,1-2H2,3H3. The molecule has 0 spiro atoms. The van der Waals surface area contributed by atoms with E-state index in [4.69, 9.17) is 0 Å². The van der Waals surface area contributed by atoms with E-state index >= 15 is 0 Å². The van der Waals surface area contributed by atoms with Gasteiger partial charge >= 0.3 is 0 Å². The van der Waals surface area contributed by atoms with Gasteiger partial charge in [-0.2, -0.15) is 0 Å². The summed E-state index contributed by atoms with van der Waals surface area (Å²) in [7, 11) is 0. The number of thioether (sulfide) groups is 2. The maximum absolute atomic E-state index is 14.4. The van der Waals surface area contributed by atoms with E-state index in [-0.39, 0.29) is 27.8 Å². The van der Waals surface area contributed by atoms with Crippen molar-refractivity contribution in [2.24, 2.45) is 0 Å². The Bertz CT molecular complexity index is 924. The van der Waals surface area contributed by atoms with Crippen LogP contribution in [0.5, 0.6) is 0 Å². The van der Waals surface area contributed by atoms with Crippen LogP contribution in [0.4, 0.5) is 17.6 Å². The van der Waals surface area contributed by atoms with Crippen LogP contribution in [-0.4, -0.2) is 10.2 Å². The first kappa shape index (κ1) is 21.0. The summed E-state index contributed by atoms with van der Waals surface area (Å²) < 4.78 is 57.0. The lowest BCUT2D eigenvalue weighted by atomic mass is 10.0. The number of hydrogen-bond donors (Lipinski definition) is 0. The second-order valence-corrected chi connectivity index (χ2v) is 7.39. The minimum Gasteiger partial charge on any atom is -0.282 e. The summed E-state index contributed by atoms with van der Waals surface area (Å²) in [5.74, 6) is -4.46. The maximum Gasteiger partial charge on any atom is 0.219 e. The van der Waals surface area contributed by atoms with Crippen molar-refractivity contribution in [3.63, 3.8) is 0 Å². The Labute approximate surface area is 161 Å². The summed E-state index contributed by atoms with van der Waals surface area (Å²) in [5, 5.41) is -1.15. The van der Waals surface area contributed by atoms with Crippen LogP contribution in [0.2, 0.25) is 0 Å². The highest BCUT2D eigenvalue weighted by molar-refractivity contribution is 8.14. The Morgan fingerprint density at radius 1 is 0.926 bits per heavy atom. The normalized spacial score (nSPS) is 10.6. The first-order valence-electron chi connectivity index (χ1n) is 7.34. The highest BCUT2D eigenvalue weighted by Crippen LogP contribution is 2.35. The van der Waals surface area contributed by atoms with E-state index in [0.717, 1.165) is 30.3 Å². The number of carbonyl (C=O) groups is 2. The van der Waals surface area contributed by atoms with Gasteiger partial charge in [-0.25, -0.2) is 17.6 Å². The highest BCUT2D eigenvalue weighted by Gasteiger charge is 2.20. The van der Waals surface area contributed by atoms with E-state index in [1.165, 1.54) is 6.92 Å². The summed E-state index contributed by atoms with van der Waals surface area (Å²) >= 11 is 0.863. The Hall–Kier alpha value is -2.32. The van der Waals surface area contributed by atoms with Crippen molar-refractivity contribution in [1.82, 2.24) is 0 Å². The lowest BCUT2D eigenvalue weighted by Gasteiger charge is -2.10. The molecule has 0 unspecified atom stereocenters. The van der Waals surface area contributed by atoms with Gasteiger partial charge in [0.2, 0.25) is 10.2 Å². The minimum absolute atomic E-state index is 0.00792. The molecule has 0 fully saturated rings. The van der Waals surface area contributed by atoms with Gasteiger partial charge in [0, 0.05) is 4.90 Å². The fourth-order valence-corrected chi connectivity index (χ4v) is 3.33. The molecule has 0 atom stereocenters. The Balaban J connectivity index is 2.46. The topological polar surface area (TPSA) is 34.1 Å². The molecule has 2 rings (SSSR count). The second-order valence-electron chi connectivity index (χ2n) is 5.33. The van der Waals surface area contributed by atoms with Crippen molar-refractivity contribution in [3.05, 3.63) is 72.3 Å². The molecule has 0 saturated carbocycles. The van der Waals surface area contributed by atoms with Crippen LogP contribution in [0.25, 0.3) is 11.1 Å². The molecule has 0 heterocycles. The van der Waals surface area contributed by atoms with Gasteiger partial charge in [0.25, 0.3) is 0 Å². The summed E-state index contributed by atoms with van der Waals surface area (Å²) in [5.41, 5.74) is -0.819. The van der Waals surface area contributed by atoms with Crippen LogP contribution in [0, 0.1) is 23.3 Å². The van der Waals surface area contributed by atoms with Gasteiger partial charge in [0.05, 0.1) is 10.5 Å². The second kappa shape index (κ2) is 8.58. The third-order valence-corrected chi connectivity index (χ3v) is 5.20. The zero-order valence-corrected chi connectivity index (χ0v) is 15.6. The van der Waals surface area contributed by atoms with Crippen molar-refractivity contribution >= 4 is 33.8 Å². The fraction of sp³-hybridized carbons (Fsp3) is 0.0526. The van der Waals surface area contributed by atoms with E-state index in [1.807, 2.05) is 0 Å². The van der Waals surface area contributed by atoms with E-state index in [0.29, 0.717) is 11.8 Å². The van der Waals surface area contributed by atoms with Crippen molar-refractivity contribution in [2.45, 2.75) is 16.7 Å². The molecular formula is C19H12F4O2S2. The highest BCUT2D eigenvalue weighted by atomic mass is 32.2. The van der Waals surface area contributed by atoms with Crippen molar-refractivity contribution < 1.29 is 27.2 Å². The quantitative estimate of drug-likeness (QED) is 0.347. The molecule has 140 valence electrons. The van der Waals surface area contributed by atoms with E-state index in [2.05, 4.69) is 13.2 Å². The molecule has 0 aliphatic rings. The van der Waals surface area contributed by atoms with Gasteiger partial charge in [-0.05, 0) is 71.9 Å². The molecule has 2 nitrogen and oxygen atoms in total. The van der Waals surface area contributed by atoms with Gasteiger partial charge in [-0.3, -0.25) is 9.59 Å². The third kappa shape index (κ3) is 4.90. The smallest absolute Gasteiger partial charge is 0.219 e. The first-order valence-corrected chi connectivity index (χ1v) is 8.97. The zero-order valence-electron chi connectivity index (χ0n) is 13.9. The van der Waals surface area contributed by atoms with Gasteiger partial charge in [-0.1, -0.05) is 13.2 Å². The lowest BCUT2D eigenvalue weighted by Crippen LogP contribution is -1.98. The van der Waals surface area contributed by atoms with Gasteiger partial charge in [0.15, 0.2) is 0 Å². The molecule has 0 amide bonds. The summed E-state index contributed by atoms with van der Waals surface area (Å²) in [6.07, 6.45) is 0.888. The monoisotopic (exact) mass is 412 g/mol. The largest absolute Gasteiger partial charge is 0.282 e. The van der Waals surface area contributed by atoms with E-state index < -0.39 is 44.0 Å². The molecule has 2 aromatic carbocycles. The van der Waals surface area contributed by atoms with Crippen LogP contribution in [0.15, 0.2) is 58.9 Å². The fourth-order valence-electron chi connectivity index (χ4n) is 2.02. The van der Waals surface area contributed by atoms with Crippen LogP contribution < -0.4 is 0 Å². The number of halogens is 4. The summed E-state index contributed by atoms with van der Waals surface area (Å²) in [6, 6.07) is 3.25. The van der Waals surface area contributed by atoms with Gasteiger partial charge in [0.1, 0.15) is 23.3 Å². The maximum atomic E-state index is 14.4. The molecule has 0 N–H and O–H groups in total. The molecule has 0 saturated heterocycles. The van der Waals surface area contributed by atoms with Gasteiger partial charge < -0.3 is 0 Å². The van der Waals surface area contributed by atoms with Crippen LogP contribution in [0.3, 0.4) is 0 Å². The van der Waals surface area contributed by atoms with Crippen molar-refractivity contribution in [3.8, 4) is 11.1 Å². The number of rotatable bonds is 5. The van der Waals surface area contributed by atoms with Crippen LogP contribution in [-0.2, 0) is 9.59 Å². The Morgan fingerprint density at radius 3 is 1.89 bits per heavy atom. The van der Waals surface area contributed by atoms with Crippen molar-refractivity contribution in [2.75, 3.05) is 0 Å². The SMILES string of the molecule is C=CC(=O)Sc1c(F)cc(-c2c(F)cc(SC(=O)C(=C)C)cc2F)cc1F. The number of hydrogen-bond acceptors (Lipinski definition) is 4. The van der Waals surface area contributed by atoms with Crippen molar-refractivity contribution in [1.29, 1.82) is 0 Å². The Kier molecular flexibility index (Phi) is 6.67. The van der Waals surface area contributed by atoms with E-state index in [1.54, 1.807) is 0 Å². The molecule has 0 aliphatic carbocycles. The average Bonchev–Trinajstić information content (AvgIpc) is 2.57. The van der Waals surface area contributed by atoms with Crippen LogP contribution in [0.1, 0.15) is 6.92 Å². The predicted octanol–water partition coefficient (Wildman–Crippen LogP) is 5.91. The molecule has 0 radical (unpaired) electrons. The first-order chi connectivity index (χ1) is 12.6. The molecule has 27 heavy (non-hydrogen) atoms. The minimum atomic E-state index is -1.14. The molecule has 2 aromatic rings. The average molecular weight is 412 g/mol. The molecular weight excluding hydrogens is 400 g/mol. The van der Waals surface area contributed by atoms with Gasteiger partial charge in [-0.15, -0.1) is 0 Å². The third-order valence-electron chi connectivity index (χ3n) is 3.23. The molecule has 8 heteroatoms. The molecule has 0 aliphatic heterocycles. The zero-order chi connectivity index (χ0) is 20.3. The number of carbonyl (C=O) groups excluding carboxylic acids is 2.